The molecular formula is C21H31N5O. The molecule has 1 saturated heterocycles. The summed E-state index contributed by atoms with van der Waals surface area (Å²) < 4.78 is 0. The molecule has 2 amide bonds. The van der Waals surface area contributed by atoms with Gasteiger partial charge in [-0.05, 0) is 48.6 Å². The average Bonchev–Trinajstić information content (AvgIpc) is 2.87. The Morgan fingerprint density at radius 3 is 2.44 bits per heavy atom. The van der Waals surface area contributed by atoms with E-state index in [9.17, 15) is 4.79 Å². The number of benzene rings is 1. The van der Waals surface area contributed by atoms with E-state index in [1.807, 2.05) is 37.5 Å². The van der Waals surface area contributed by atoms with E-state index in [0.717, 1.165) is 68.2 Å². The predicted octanol–water partition coefficient (Wildman–Crippen LogP) is 3.23. The standard InChI is InChI=1S/C21H31N5O/c1-16(2)15-25-10-8-17(20(22)9-11-25)14-23-18-4-6-19(7-5-18)26-13-12-24(3)21(26)27/h4-7,14,16H,8-13,15,22H2,1-3H3. The number of hydrogen-bond donors (Lipinski definition) is 1. The summed E-state index contributed by atoms with van der Waals surface area (Å²) >= 11 is 0. The van der Waals surface area contributed by atoms with Gasteiger partial charge in [0.05, 0.1) is 5.69 Å². The van der Waals surface area contributed by atoms with Crippen LogP contribution < -0.4 is 10.6 Å². The van der Waals surface area contributed by atoms with Crippen molar-refractivity contribution in [2.75, 3.05) is 44.7 Å². The third-order valence-corrected chi connectivity index (χ3v) is 5.18. The second-order valence-corrected chi connectivity index (χ2v) is 7.88. The first-order chi connectivity index (χ1) is 12.9. The minimum atomic E-state index is 0.0496. The lowest BCUT2D eigenvalue weighted by molar-refractivity contribution is 0.229. The summed E-state index contributed by atoms with van der Waals surface area (Å²) in [4.78, 5) is 22.7. The molecule has 1 aromatic rings. The molecule has 2 aliphatic rings. The molecule has 1 fully saturated rings. The van der Waals surface area contributed by atoms with Crippen molar-refractivity contribution in [2.24, 2.45) is 16.6 Å². The van der Waals surface area contributed by atoms with E-state index in [4.69, 9.17) is 5.73 Å². The first kappa shape index (κ1) is 19.4. The Balaban J connectivity index is 1.63. The number of urea groups is 1. The molecule has 0 unspecified atom stereocenters. The molecule has 27 heavy (non-hydrogen) atoms. The lowest BCUT2D eigenvalue weighted by atomic mass is 10.1. The number of nitrogens with zero attached hydrogens (tertiary/aromatic N) is 4. The molecule has 0 aromatic heterocycles. The summed E-state index contributed by atoms with van der Waals surface area (Å²) in [5.41, 5.74) is 10.2. The Morgan fingerprint density at radius 1 is 1.11 bits per heavy atom. The number of carbonyl (C=O) groups is 1. The second kappa shape index (κ2) is 8.57. The number of hydrogen-bond acceptors (Lipinski definition) is 4. The van der Waals surface area contributed by atoms with Crippen LogP contribution in [-0.4, -0.2) is 61.8 Å². The maximum Gasteiger partial charge on any atom is 0.324 e. The van der Waals surface area contributed by atoms with Gasteiger partial charge in [0, 0.05) is 57.4 Å². The van der Waals surface area contributed by atoms with Crippen molar-refractivity contribution in [3.05, 3.63) is 35.5 Å². The first-order valence-electron chi connectivity index (χ1n) is 9.80. The molecular weight excluding hydrogens is 338 g/mol. The van der Waals surface area contributed by atoms with Crippen molar-refractivity contribution in [1.82, 2.24) is 9.80 Å². The van der Waals surface area contributed by atoms with Gasteiger partial charge in [-0.1, -0.05) is 13.8 Å². The molecule has 146 valence electrons. The minimum Gasteiger partial charge on any atom is -0.402 e. The van der Waals surface area contributed by atoms with E-state index < -0.39 is 0 Å². The van der Waals surface area contributed by atoms with Gasteiger partial charge in [-0.2, -0.15) is 0 Å². The fraction of sp³-hybridized carbons (Fsp3) is 0.524. The number of carbonyl (C=O) groups excluding carboxylic acids is 1. The number of amides is 2. The first-order valence-corrected chi connectivity index (χ1v) is 9.80. The van der Waals surface area contributed by atoms with Gasteiger partial charge in [0.1, 0.15) is 0 Å². The normalized spacial score (nSPS) is 19.6. The van der Waals surface area contributed by atoms with Gasteiger partial charge in [0.15, 0.2) is 0 Å². The highest BCUT2D eigenvalue weighted by molar-refractivity contribution is 5.94. The Kier molecular flexibility index (Phi) is 6.16. The van der Waals surface area contributed by atoms with E-state index in [0.29, 0.717) is 5.92 Å². The van der Waals surface area contributed by atoms with Gasteiger partial charge in [0.25, 0.3) is 0 Å². The molecule has 0 atom stereocenters. The van der Waals surface area contributed by atoms with E-state index in [1.165, 1.54) is 0 Å². The number of nitrogens with two attached hydrogens (primary N) is 1. The highest BCUT2D eigenvalue weighted by atomic mass is 16.2. The van der Waals surface area contributed by atoms with Crippen molar-refractivity contribution in [3.63, 3.8) is 0 Å². The van der Waals surface area contributed by atoms with Gasteiger partial charge in [-0.3, -0.25) is 9.89 Å². The van der Waals surface area contributed by atoms with E-state index >= 15 is 0 Å². The van der Waals surface area contributed by atoms with Crippen LogP contribution in [0.1, 0.15) is 26.7 Å². The van der Waals surface area contributed by atoms with Crippen LogP contribution in [0.5, 0.6) is 0 Å². The SMILES string of the molecule is CC(C)CN1CCC(N)=C(C=Nc2ccc(N3CCN(C)C3=O)cc2)CC1. The van der Waals surface area contributed by atoms with Crippen molar-refractivity contribution in [3.8, 4) is 0 Å². The maximum atomic E-state index is 12.1. The Labute approximate surface area is 162 Å². The molecule has 6 nitrogen and oxygen atoms in total. The molecule has 1 aromatic carbocycles. The van der Waals surface area contributed by atoms with Crippen LogP contribution >= 0.6 is 0 Å². The van der Waals surface area contributed by atoms with Gasteiger partial charge in [0.2, 0.25) is 0 Å². The van der Waals surface area contributed by atoms with E-state index in [-0.39, 0.29) is 6.03 Å². The minimum absolute atomic E-state index is 0.0496. The average molecular weight is 370 g/mol. The van der Waals surface area contributed by atoms with Crippen LogP contribution in [0.3, 0.4) is 0 Å². The second-order valence-electron chi connectivity index (χ2n) is 7.88. The lowest BCUT2D eigenvalue weighted by Gasteiger charge is -2.21. The summed E-state index contributed by atoms with van der Waals surface area (Å²) in [5.74, 6) is 0.669. The zero-order chi connectivity index (χ0) is 19.4. The zero-order valence-electron chi connectivity index (χ0n) is 16.7. The number of anilines is 1. The lowest BCUT2D eigenvalue weighted by Crippen LogP contribution is -2.29. The van der Waals surface area contributed by atoms with Gasteiger partial charge >= 0.3 is 6.03 Å². The van der Waals surface area contributed by atoms with Crippen LogP contribution in [0.15, 0.2) is 40.5 Å². The summed E-state index contributed by atoms with van der Waals surface area (Å²) in [6.07, 6.45) is 3.75. The van der Waals surface area contributed by atoms with Crippen molar-refractivity contribution < 1.29 is 4.79 Å². The number of rotatable bonds is 5. The third-order valence-electron chi connectivity index (χ3n) is 5.18. The zero-order valence-corrected chi connectivity index (χ0v) is 16.7. The molecule has 0 bridgehead atoms. The van der Waals surface area contributed by atoms with Crippen LogP contribution in [0, 0.1) is 5.92 Å². The molecule has 2 heterocycles. The molecule has 0 spiro atoms. The fourth-order valence-electron chi connectivity index (χ4n) is 3.59. The van der Waals surface area contributed by atoms with Crippen molar-refractivity contribution in [1.29, 1.82) is 0 Å². The largest absolute Gasteiger partial charge is 0.402 e. The van der Waals surface area contributed by atoms with Crippen LogP contribution in [0.25, 0.3) is 0 Å². The predicted molar refractivity (Wildman–Crippen MR) is 112 cm³/mol. The van der Waals surface area contributed by atoms with Crippen LogP contribution in [-0.2, 0) is 0 Å². The summed E-state index contributed by atoms with van der Waals surface area (Å²) in [5, 5.41) is 0. The number of aliphatic imine (C=N–C) groups is 1. The third kappa shape index (κ3) is 4.89. The van der Waals surface area contributed by atoms with E-state index in [1.54, 1.807) is 9.80 Å². The molecule has 2 aliphatic heterocycles. The summed E-state index contributed by atoms with van der Waals surface area (Å²) in [6, 6.07) is 7.87. The molecule has 2 N–H and O–H groups in total. The van der Waals surface area contributed by atoms with E-state index in [2.05, 4.69) is 23.7 Å². The monoisotopic (exact) mass is 369 g/mol. The summed E-state index contributed by atoms with van der Waals surface area (Å²) in [7, 11) is 1.83. The van der Waals surface area contributed by atoms with Crippen molar-refractivity contribution >= 4 is 23.6 Å². The smallest absolute Gasteiger partial charge is 0.324 e. The highest BCUT2D eigenvalue weighted by Gasteiger charge is 2.26. The topological polar surface area (TPSA) is 65.2 Å². The highest BCUT2D eigenvalue weighted by Crippen LogP contribution is 2.23. The Bertz CT molecular complexity index is 723. The quantitative estimate of drug-likeness (QED) is 0.811. The van der Waals surface area contributed by atoms with Gasteiger partial charge < -0.3 is 15.5 Å². The molecule has 0 aliphatic carbocycles. The molecule has 0 radical (unpaired) electrons. The number of likely N-dealkylation sites (N-methyl/N-ethyl adjacent to an activating group) is 1. The van der Waals surface area contributed by atoms with Crippen LogP contribution in [0.2, 0.25) is 0 Å². The fourth-order valence-corrected chi connectivity index (χ4v) is 3.59. The summed E-state index contributed by atoms with van der Waals surface area (Å²) in [6.45, 7) is 9.17. The molecule has 3 rings (SSSR count). The van der Waals surface area contributed by atoms with Gasteiger partial charge in [-0.15, -0.1) is 0 Å². The van der Waals surface area contributed by atoms with Crippen molar-refractivity contribution in [2.45, 2.75) is 26.7 Å². The Hall–Kier alpha value is -2.34. The molecule has 6 heteroatoms. The maximum absolute atomic E-state index is 12.1. The Morgan fingerprint density at radius 2 is 1.81 bits per heavy atom. The molecule has 0 saturated carbocycles. The van der Waals surface area contributed by atoms with Gasteiger partial charge in [-0.25, -0.2) is 4.79 Å². The van der Waals surface area contributed by atoms with Crippen LogP contribution in [0.4, 0.5) is 16.2 Å².